The molecular formula is C21H26N2O2. The molecule has 0 aliphatic carbocycles. The minimum Gasteiger partial charge on any atom is -0.361 e. The van der Waals surface area contributed by atoms with Crippen LogP contribution in [0.3, 0.4) is 0 Å². The predicted molar refractivity (Wildman–Crippen MR) is 99.6 cm³/mol. The highest BCUT2D eigenvalue weighted by atomic mass is 16.5. The zero-order valence-electron chi connectivity index (χ0n) is 15.2. The molecule has 1 aromatic carbocycles. The summed E-state index contributed by atoms with van der Waals surface area (Å²) in [6.07, 6.45) is 5.83. The van der Waals surface area contributed by atoms with E-state index in [1.165, 1.54) is 22.2 Å². The van der Waals surface area contributed by atoms with Gasteiger partial charge in [0, 0.05) is 24.7 Å². The number of methoxy groups -OCH3 is 1. The average Bonchev–Trinajstić information content (AvgIpc) is 2.86. The largest absolute Gasteiger partial charge is 0.361 e. The number of aldehydes is 1. The molecule has 1 aromatic heterocycles. The van der Waals surface area contributed by atoms with Crippen LogP contribution in [0.2, 0.25) is 0 Å². The molecule has 0 saturated carbocycles. The van der Waals surface area contributed by atoms with E-state index in [2.05, 4.69) is 40.8 Å². The normalized spacial score (nSPS) is 27.2. The van der Waals surface area contributed by atoms with Gasteiger partial charge in [-0.1, -0.05) is 24.3 Å². The Bertz CT molecular complexity index is 836. The number of nitrogens with zero attached hydrogens (tertiary/aromatic N) is 2. The smallest absolute Gasteiger partial charge is 0.145 e. The quantitative estimate of drug-likeness (QED) is 0.629. The topological polar surface area (TPSA) is 34.5 Å². The first-order valence-corrected chi connectivity index (χ1v) is 9.15. The first kappa shape index (κ1) is 16.6. The number of hydrogen-bond acceptors (Lipinski definition) is 3. The lowest BCUT2D eigenvalue weighted by molar-refractivity contribution is -0.105. The molecule has 4 heteroatoms. The van der Waals surface area contributed by atoms with E-state index < -0.39 is 0 Å². The van der Waals surface area contributed by atoms with Crippen LogP contribution in [0.1, 0.15) is 43.3 Å². The summed E-state index contributed by atoms with van der Waals surface area (Å²) in [4.78, 5) is 14.0. The second kappa shape index (κ2) is 6.43. The van der Waals surface area contributed by atoms with Crippen LogP contribution in [0.15, 0.2) is 35.9 Å². The van der Waals surface area contributed by atoms with Gasteiger partial charge in [0.1, 0.15) is 12.5 Å². The predicted octanol–water partition coefficient (Wildman–Crippen LogP) is 3.87. The number of carbonyl (C=O) groups excluding carboxylic acids is 1. The van der Waals surface area contributed by atoms with Crippen molar-refractivity contribution in [3.8, 4) is 0 Å². The van der Waals surface area contributed by atoms with Crippen LogP contribution in [-0.2, 0) is 16.0 Å². The van der Waals surface area contributed by atoms with Gasteiger partial charge in [0.15, 0.2) is 0 Å². The summed E-state index contributed by atoms with van der Waals surface area (Å²) in [6.45, 7) is 3.02. The van der Waals surface area contributed by atoms with Crippen molar-refractivity contribution < 1.29 is 9.53 Å². The number of fused-ring (bicyclic) bond motifs is 3. The summed E-state index contributed by atoms with van der Waals surface area (Å²) in [5.74, 6) is 0.226. The summed E-state index contributed by atoms with van der Waals surface area (Å²) >= 11 is 0. The molecule has 2 aliphatic rings. The van der Waals surface area contributed by atoms with Crippen LogP contribution in [-0.4, -0.2) is 36.5 Å². The SMILES string of the molecule is C/C=C(/C=O)[C@H]1C[C@H](OC)n2c3c(c4ccccc42)CCN(C)[C@H]3C1. The Hall–Kier alpha value is -1.91. The fourth-order valence-electron chi connectivity index (χ4n) is 4.82. The molecule has 4 nitrogen and oxygen atoms in total. The second-order valence-electron chi connectivity index (χ2n) is 7.26. The highest BCUT2D eigenvalue weighted by Gasteiger charge is 2.38. The van der Waals surface area contributed by atoms with Gasteiger partial charge in [0.25, 0.3) is 0 Å². The van der Waals surface area contributed by atoms with Crippen LogP contribution in [0.5, 0.6) is 0 Å². The Kier molecular flexibility index (Phi) is 4.26. The van der Waals surface area contributed by atoms with E-state index in [0.29, 0.717) is 6.04 Å². The van der Waals surface area contributed by atoms with Crippen LogP contribution in [0, 0.1) is 5.92 Å². The third kappa shape index (κ3) is 2.47. The van der Waals surface area contributed by atoms with E-state index in [1.807, 2.05) is 13.0 Å². The molecule has 0 fully saturated rings. The number of likely N-dealkylation sites (N-methyl/N-ethyl adjacent to an activating group) is 1. The van der Waals surface area contributed by atoms with E-state index in [-0.39, 0.29) is 12.1 Å². The molecule has 25 heavy (non-hydrogen) atoms. The van der Waals surface area contributed by atoms with Gasteiger partial charge < -0.3 is 9.30 Å². The number of aromatic nitrogens is 1. The molecule has 2 aliphatic heterocycles. The fourth-order valence-corrected chi connectivity index (χ4v) is 4.82. The number of rotatable bonds is 3. The number of para-hydroxylation sites is 1. The molecule has 0 spiro atoms. The third-order valence-electron chi connectivity index (χ3n) is 6.11. The molecule has 3 atom stereocenters. The molecule has 0 radical (unpaired) electrons. The highest BCUT2D eigenvalue weighted by Crippen LogP contribution is 2.46. The molecular weight excluding hydrogens is 312 g/mol. The minimum atomic E-state index is -0.0370. The van der Waals surface area contributed by atoms with Gasteiger partial charge in [-0.3, -0.25) is 9.69 Å². The lowest BCUT2D eigenvalue weighted by Crippen LogP contribution is -2.33. The van der Waals surface area contributed by atoms with Gasteiger partial charge in [0.2, 0.25) is 0 Å². The van der Waals surface area contributed by atoms with Crippen LogP contribution in [0.4, 0.5) is 0 Å². The Morgan fingerprint density at radius 1 is 1.28 bits per heavy atom. The Morgan fingerprint density at radius 3 is 2.80 bits per heavy atom. The standard InChI is InChI=1S/C21H26N2O2/c1-4-14(13-24)15-11-19-21-17(9-10-22(19)2)16-7-5-6-8-18(16)23(21)20(12-15)25-3/h4-8,13,15,19-20H,9-12H2,1-3H3/b14-4-/t15-,19+,20+/m1/s1. The van der Waals surface area contributed by atoms with E-state index in [9.17, 15) is 4.79 Å². The van der Waals surface area contributed by atoms with Crippen molar-refractivity contribution in [2.45, 2.75) is 38.5 Å². The third-order valence-corrected chi connectivity index (χ3v) is 6.11. The Balaban J connectivity index is 1.94. The number of allylic oxidation sites excluding steroid dienone is 2. The molecule has 4 rings (SSSR count). The van der Waals surface area contributed by atoms with Crippen molar-refractivity contribution in [2.24, 2.45) is 5.92 Å². The Morgan fingerprint density at radius 2 is 2.08 bits per heavy atom. The lowest BCUT2D eigenvalue weighted by atomic mass is 9.86. The lowest BCUT2D eigenvalue weighted by Gasteiger charge is -2.34. The number of carbonyl (C=O) groups is 1. The summed E-state index contributed by atoms with van der Waals surface area (Å²) in [7, 11) is 3.99. The first-order chi connectivity index (χ1) is 12.2. The second-order valence-corrected chi connectivity index (χ2v) is 7.26. The van der Waals surface area contributed by atoms with Crippen molar-refractivity contribution in [3.63, 3.8) is 0 Å². The van der Waals surface area contributed by atoms with Gasteiger partial charge in [-0.2, -0.15) is 0 Å². The number of hydrogen-bond donors (Lipinski definition) is 0. The highest BCUT2D eigenvalue weighted by molar-refractivity contribution is 5.86. The van der Waals surface area contributed by atoms with Gasteiger partial charge in [-0.25, -0.2) is 0 Å². The summed E-state index contributed by atoms with van der Waals surface area (Å²) in [5, 5.41) is 1.36. The molecule has 0 bridgehead atoms. The van der Waals surface area contributed by atoms with E-state index in [1.54, 1.807) is 7.11 Å². The summed E-state index contributed by atoms with van der Waals surface area (Å²) in [6, 6.07) is 9.00. The number of ether oxygens (including phenoxy) is 1. The first-order valence-electron chi connectivity index (χ1n) is 9.15. The van der Waals surface area contributed by atoms with Crippen LogP contribution >= 0.6 is 0 Å². The zero-order valence-corrected chi connectivity index (χ0v) is 15.2. The van der Waals surface area contributed by atoms with Crippen molar-refractivity contribution in [3.05, 3.63) is 47.2 Å². The van der Waals surface area contributed by atoms with E-state index in [0.717, 1.165) is 37.7 Å². The monoisotopic (exact) mass is 338 g/mol. The zero-order chi connectivity index (χ0) is 17.6. The van der Waals surface area contributed by atoms with Crippen molar-refractivity contribution in [2.75, 3.05) is 20.7 Å². The maximum atomic E-state index is 11.6. The van der Waals surface area contributed by atoms with E-state index >= 15 is 0 Å². The molecule has 0 unspecified atom stereocenters. The maximum absolute atomic E-state index is 11.6. The van der Waals surface area contributed by atoms with Gasteiger partial charge >= 0.3 is 0 Å². The van der Waals surface area contributed by atoms with Crippen LogP contribution < -0.4 is 0 Å². The number of benzene rings is 1. The molecule has 0 N–H and O–H groups in total. The van der Waals surface area contributed by atoms with E-state index in [4.69, 9.17) is 4.74 Å². The van der Waals surface area contributed by atoms with Crippen LogP contribution in [0.25, 0.3) is 10.9 Å². The van der Waals surface area contributed by atoms with Crippen molar-refractivity contribution >= 4 is 17.2 Å². The molecule has 132 valence electrons. The summed E-state index contributed by atoms with van der Waals surface area (Å²) < 4.78 is 8.35. The van der Waals surface area contributed by atoms with Gasteiger partial charge in [-0.05, 0) is 56.4 Å². The molecule has 2 aromatic rings. The van der Waals surface area contributed by atoms with Crippen molar-refractivity contribution in [1.29, 1.82) is 0 Å². The van der Waals surface area contributed by atoms with Gasteiger partial charge in [0.05, 0.1) is 11.6 Å². The van der Waals surface area contributed by atoms with Crippen molar-refractivity contribution in [1.82, 2.24) is 9.47 Å². The average molecular weight is 338 g/mol. The minimum absolute atomic E-state index is 0.0370. The maximum Gasteiger partial charge on any atom is 0.145 e. The Labute approximate surface area is 149 Å². The van der Waals surface area contributed by atoms with Gasteiger partial charge in [-0.15, -0.1) is 0 Å². The molecule has 3 heterocycles. The fraction of sp³-hybridized carbons (Fsp3) is 0.476. The summed E-state index contributed by atoms with van der Waals surface area (Å²) in [5.41, 5.74) is 5.02. The molecule has 0 amide bonds. The molecule has 0 saturated heterocycles.